The zero-order chi connectivity index (χ0) is 14.7. The Kier molecular flexibility index (Phi) is 4.79. The van der Waals surface area contributed by atoms with Crippen molar-refractivity contribution in [3.05, 3.63) is 29.6 Å². The van der Waals surface area contributed by atoms with Crippen LogP contribution in [0.25, 0.3) is 0 Å². The number of halogens is 1. The molecule has 0 spiro atoms. The maximum atomic E-state index is 13.3. The highest BCUT2D eigenvalue weighted by molar-refractivity contribution is 5.37. The number of nitrogens with one attached hydrogen (secondary N) is 1. The Labute approximate surface area is 127 Å². The number of benzene rings is 1. The van der Waals surface area contributed by atoms with Gasteiger partial charge in [0.15, 0.2) is 0 Å². The second-order valence-electron chi connectivity index (χ2n) is 6.62. The van der Waals surface area contributed by atoms with E-state index in [0.29, 0.717) is 6.04 Å². The van der Waals surface area contributed by atoms with Crippen molar-refractivity contribution in [3.63, 3.8) is 0 Å². The molecule has 1 saturated carbocycles. The molecule has 1 aromatic rings. The molecule has 0 aromatic heterocycles. The highest BCUT2D eigenvalue weighted by Crippen LogP contribution is 2.35. The Bertz CT molecular complexity index is 476. The molecule has 1 aromatic carbocycles. The first-order chi connectivity index (χ1) is 10.2. The Morgan fingerprint density at radius 1 is 1.33 bits per heavy atom. The molecule has 3 unspecified atom stereocenters. The summed E-state index contributed by atoms with van der Waals surface area (Å²) >= 11 is 0. The lowest BCUT2D eigenvalue weighted by atomic mass is 9.82. The standard InChI is InChI=1S/C18H26FNO/c1-2-8-20-16-5-3-4-13(9-16)10-17-12-14-11-15(19)6-7-18(14)21-17/h6-7,11,13,16-17,20H,2-5,8-10,12H2,1H3. The van der Waals surface area contributed by atoms with Crippen molar-refractivity contribution in [2.75, 3.05) is 6.54 Å². The van der Waals surface area contributed by atoms with Crippen molar-refractivity contribution < 1.29 is 9.13 Å². The molecular formula is C18H26FNO. The SMILES string of the molecule is CCCNC1CCCC(CC2Cc3cc(F)ccc3O2)C1. The summed E-state index contributed by atoms with van der Waals surface area (Å²) in [4.78, 5) is 0. The summed E-state index contributed by atoms with van der Waals surface area (Å²) in [5.74, 6) is 1.48. The molecule has 21 heavy (non-hydrogen) atoms. The number of hydrogen-bond donors (Lipinski definition) is 1. The lowest BCUT2D eigenvalue weighted by Gasteiger charge is -2.31. The number of fused-ring (bicyclic) bond motifs is 1. The van der Waals surface area contributed by atoms with Gasteiger partial charge in [-0.05, 0) is 56.3 Å². The molecule has 2 aliphatic rings. The van der Waals surface area contributed by atoms with E-state index >= 15 is 0 Å². The molecule has 3 atom stereocenters. The maximum absolute atomic E-state index is 13.3. The smallest absolute Gasteiger partial charge is 0.123 e. The van der Waals surface area contributed by atoms with Crippen molar-refractivity contribution in [3.8, 4) is 5.75 Å². The van der Waals surface area contributed by atoms with Crippen molar-refractivity contribution in [2.45, 2.75) is 64.0 Å². The molecule has 0 radical (unpaired) electrons. The van der Waals surface area contributed by atoms with E-state index in [9.17, 15) is 4.39 Å². The molecule has 0 saturated heterocycles. The topological polar surface area (TPSA) is 21.3 Å². The van der Waals surface area contributed by atoms with Crippen molar-refractivity contribution >= 4 is 0 Å². The molecule has 2 nitrogen and oxygen atoms in total. The molecular weight excluding hydrogens is 265 g/mol. The van der Waals surface area contributed by atoms with Gasteiger partial charge in [-0.15, -0.1) is 0 Å². The minimum absolute atomic E-state index is 0.153. The van der Waals surface area contributed by atoms with Gasteiger partial charge >= 0.3 is 0 Å². The van der Waals surface area contributed by atoms with Crippen molar-refractivity contribution in [2.24, 2.45) is 5.92 Å². The summed E-state index contributed by atoms with van der Waals surface area (Å²) in [5.41, 5.74) is 1.04. The normalized spacial score (nSPS) is 28.2. The van der Waals surface area contributed by atoms with Gasteiger partial charge < -0.3 is 10.1 Å². The first-order valence-corrected chi connectivity index (χ1v) is 8.43. The van der Waals surface area contributed by atoms with Gasteiger partial charge in [-0.25, -0.2) is 4.39 Å². The fraction of sp³-hybridized carbons (Fsp3) is 0.667. The van der Waals surface area contributed by atoms with Crippen LogP contribution in [0.4, 0.5) is 4.39 Å². The van der Waals surface area contributed by atoms with Crippen LogP contribution >= 0.6 is 0 Å². The quantitative estimate of drug-likeness (QED) is 0.882. The minimum Gasteiger partial charge on any atom is -0.490 e. The first-order valence-electron chi connectivity index (χ1n) is 8.43. The molecule has 1 aliphatic heterocycles. The Balaban J connectivity index is 1.51. The Morgan fingerprint density at radius 2 is 2.24 bits per heavy atom. The van der Waals surface area contributed by atoms with Gasteiger partial charge in [-0.2, -0.15) is 0 Å². The average Bonchev–Trinajstić information content (AvgIpc) is 2.86. The molecule has 1 N–H and O–H groups in total. The van der Waals surface area contributed by atoms with Gasteiger partial charge in [0.25, 0.3) is 0 Å². The lowest BCUT2D eigenvalue weighted by molar-refractivity contribution is 0.164. The molecule has 1 aliphatic carbocycles. The van der Waals surface area contributed by atoms with E-state index in [2.05, 4.69) is 12.2 Å². The van der Waals surface area contributed by atoms with Crippen LogP contribution in [0.2, 0.25) is 0 Å². The number of ether oxygens (including phenoxy) is 1. The van der Waals surface area contributed by atoms with E-state index in [-0.39, 0.29) is 11.9 Å². The van der Waals surface area contributed by atoms with Gasteiger partial charge in [0, 0.05) is 18.0 Å². The number of hydrogen-bond acceptors (Lipinski definition) is 2. The van der Waals surface area contributed by atoms with Gasteiger partial charge in [0.2, 0.25) is 0 Å². The fourth-order valence-electron chi connectivity index (χ4n) is 3.83. The maximum Gasteiger partial charge on any atom is 0.123 e. The molecule has 3 heteroatoms. The Hall–Kier alpha value is -1.09. The highest BCUT2D eigenvalue weighted by Gasteiger charge is 2.29. The molecule has 1 fully saturated rings. The number of rotatable bonds is 5. The summed E-state index contributed by atoms with van der Waals surface area (Å²) < 4.78 is 19.2. The zero-order valence-electron chi connectivity index (χ0n) is 12.9. The van der Waals surface area contributed by atoms with Crippen molar-refractivity contribution in [1.82, 2.24) is 5.32 Å². The van der Waals surface area contributed by atoms with E-state index < -0.39 is 0 Å². The van der Waals surface area contributed by atoms with Crippen LogP contribution in [0, 0.1) is 11.7 Å². The van der Waals surface area contributed by atoms with E-state index in [1.165, 1.54) is 38.2 Å². The predicted octanol–water partition coefficient (Wildman–Crippen LogP) is 4.08. The van der Waals surface area contributed by atoms with E-state index in [1.54, 1.807) is 12.1 Å². The van der Waals surface area contributed by atoms with Crippen LogP contribution in [-0.2, 0) is 6.42 Å². The fourth-order valence-corrected chi connectivity index (χ4v) is 3.83. The van der Waals surface area contributed by atoms with Gasteiger partial charge in [0.1, 0.15) is 17.7 Å². The highest BCUT2D eigenvalue weighted by atomic mass is 19.1. The molecule has 116 valence electrons. The van der Waals surface area contributed by atoms with Gasteiger partial charge in [0.05, 0.1) is 0 Å². The van der Waals surface area contributed by atoms with E-state index in [1.807, 2.05) is 0 Å². The third-order valence-corrected chi connectivity index (χ3v) is 4.83. The average molecular weight is 291 g/mol. The van der Waals surface area contributed by atoms with Crippen molar-refractivity contribution in [1.29, 1.82) is 0 Å². The molecule has 1 heterocycles. The largest absolute Gasteiger partial charge is 0.490 e. The predicted molar refractivity (Wildman–Crippen MR) is 83.2 cm³/mol. The van der Waals surface area contributed by atoms with Crippen LogP contribution in [0.1, 0.15) is 51.0 Å². The third-order valence-electron chi connectivity index (χ3n) is 4.83. The molecule has 3 rings (SSSR count). The summed E-state index contributed by atoms with van der Waals surface area (Å²) in [6, 6.07) is 5.58. The van der Waals surface area contributed by atoms with E-state index in [4.69, 9.17) is 4.74 Å². The summed E-state index contributed by atoms with van der Waals surface area (Å²) in [6.45, 7) is 3.35. The first kappa shape index (κ1) is 14.8. The van der Waals surface area contributed by atoms with Gasteiger partial charge in [-0.1, -0.05) is 19.8 Å². The van der Waals surface area contributed by atoms with Crippen LogP contribution in [-0.4, -0.2) is 18.7 Å². The summed E-state index contributed by atoms with van der Waals surface area (Å²) in [7, 11) is 0. The van der Waals surface area contributed by atoms with Crippen LogP contribution in [0.15, 0.2) is 18.2 Å². The van der Waals surface area contributed by atoms with Crippen LogP contribution in [0.3, 0.4) is 0 Å². The van der Waals surface area contributed by atoms with Crippen LogP contribution in [0.5, 0.6) is 5.75 Å². The second kappa shape index (κ2) is 6.78. The molecule has 0 amide bonds. The minimum atomic E-state index is -0.153. The van der Waals surface area contributed by atoms with Gasteiger partial charge in [-0.3, -0.25) is 0 Å². The second-order valence-corrected chi connectivity index (χ2v) is 6.62. The molecule has 0 bridgehead atoms. The van der Waals surface area contributed by atoms with E-state index in [0.717, 1.165) is 36.6 Å². The monoisotopic (exact) mass is 291 g/mol. The van der Waals surface area contributed by atoms with Crippen LogP contribution < -0.4 is 10.1 Å². The lowest BCUT2D eigenvalue weighted by Crippen LogP contribution is -2.35. The third kappa shape index (κ3) is 3.76. The summed E-state index contributed by atoms with van der Waals surface area (Å²) in [6.07, 6.45) is 8.65. The Morgan fingerprint density at radius 3 is 3.10 bits per heavy atom. The summed E-state index contributed by atoms with van der Waals surface area (Å²) in [5, 5.41) is 3.66. The zero-order valence-corrected chi connectivity index (χ0v) is 12.9.